The van der Waals surface area contributed by atoms with Gasteiger partial charge in [0, 0.05) is 22.6 Å². The number of aromatic nitrogens is 4. The maximum Gasteiger partial charge on any atom is 0.268 e. The van der Waals surface area contributed by atoms with E-state index in [1.54, 1.807) is 20.5 Å². The topological polar surface area (TPSA) is 107 Å². The van der Waals surface area contributed by atoms with Crippen LogP contribution < -0.4 is 15.2 Å². The molecule has 1 atom stereocenters. The number of rotatable bonds is 8. The predicted molar refractivity (Wildman–Crippen MR) is 136 cm³/mol. The molecule has 0 spiro atoms. The first-order valence-electron chi connectivity index (χ1n) is 10.7. The fourth-order valence-electron chi connectivity index (χ4n) is 3.68. The van der Waals surface area contributed by atoms with Gasteiger partial charge in [0.2, 0.25) is 5.09 Å². The lowest BCUT2D eigenvalue weighted by atomic mass is 10.1. The summed E-state index contributed by atoms with van der Waals surface area (Å²) in [6.07, 6.45) is 3.18. The van der Waals surface area contributed by atoms with Gasteiger partial charge >= 0.3 is 0 Å². The molecule has 1 aliphatic heterocycles. The van der Waals surface area contributed by atoms with Gasteiger partial charge in [-0.05, 0) is 41.9 Å². The number of imidazole rings is 1. The number of hydrogen-bond acceptors (Lipinski definition) is 9. The minimum absolute atomic E-state index is 0.322. The molecule has 1 unspecified atom stereocenters. The van der Waals surface area contributed by atoms with Gasteiger partial charge in [0.25, 0.3) is 6.29 Å². The Hall–Kier alpha value is -3.44. The molecule has 9 nitrogen and oxygen atoms in total. The predicted octanol–water partition coefficient (Wildman–Crippen LogP) is 5.07. The summed E-state index contributed by atoms with van der Waals surface area (Å²) in [5, 5.41) is 1.25. The van der Waals surface area contributed by atoms with Crippen LogP contribution >= 0.6 is 27.7 Å². The monoisotopic (exact) mass is 555 g/mol. The van der Waals surface area contributed by atoms with E-state index in [-0.39, 0.29) is 0 Å². The molecular formula is C24H22BrN5O4S. The van der Waals surface area contributed by atoms with E-state index in [4.69, 9.17) is 29.7 Å². The number of hydrogen-bond donors (Lipinski definition) is 1. The molecule has 0 saturated heterocycles. The Kier molecular flexibility index (Phi) is 6.69. The zero-order valence-corrected chi connectivity index (χ0v) is 21.4. The van der Waals surface area contributed by atoms with Crippen LogP contribution in [0.15, 0.2) is 69.8 Å². The molecule has 180 valence electrons. The Morgan fingerprint density at radius 3 is 2.63 bits per heavy atom. The van der Waals surface area contributed by atoms with Crippen molar-refractivity contribution in [1.29, 1.82) is 0 Å². The summed E-state index contributed by atoms with van der Waals surface area (Å²) in [4.78, 5) is 13.2. The SMILES string of the molecule is COc1cc(CCn2c(SC3=COC(c4ccccc4Br)O3)nc3c(N)ncnc32)cc(OC)c1. The van der Waals surface area contributed by atoms with Crippen molar-refractivity contribution in [3.63, 3.8) is 0 Å². The van der Waals surface area contributed by atoms with E-state index in [1.807, 2.05) is 47.0 Å². The first-order valence-corrected chi connectivity index (χ1v) is 12.3. The molecule has 4 aromatic rings. The number of benzene rings is 2. The molecule has 3 heterocycles. The quantitative estimate of drug-likeness (QED) is 0.319. The van der Waals surface area contributed by atoms with Gasteiger partial charge < -0.3 is 29.2 Å². The minimum atomic E-state index is -0.542. The summed E-state index contributed by atoms with van der Waals surface area (Å²) < 4.78 is 25.5. The molecule has 0 amide bonds. The van der Waals surface area contributed by atoms with E-state index in [0.29, 0.717) is 40.2 Å². The summed E-state index contributed by atoms with van der Waals surface area (Å²) in [6.45, 7) is 0.591. The standard InChI is InChI=1S/C24H22BrN5O4S/c1-31-15-9-14(10-16(11-15)32-2)7-8-30-22-20(21(26)27-13-28-22)29-24(30)35-19-12-33-23(34-19)17-5-3-4-6-18(17)25/h3-6,9-13,23H,7-8H2,1-2H3,(H2,26,27,28). The van der Waals surface area contributed by atoms with E-state index < -0.39 is 6.29 Å². The summed E-state index contributed by atoms with van der Waals surface area (Å²) in [7, 11) is 3.27. The van der Waals surface area contributed by atoms with E-state index in [2.05, 4.69) is 25.9 Å². The van der Waals surface area contributed by atoms with Gasteiger partial charge in [0.15, 0.2) is 22.1 Å². The van der Waals surface area contributed by atoms with Gasteiger partial charge in [0.1, 0.15) is 24.1 Å². The smallest absolute Gasteiger partial charge is 0.268 e. The fraction of sp³-hybridized carbons (Fsp3) is 0.208. The molecule has 2 aromatic carbocycles. The highest BCUT2D eigenvalue weighted by molar-refractivity contribution is 9.10. The normalized spacial score (nSPS) is 14.9. The lowest BCUT2D eigenvalue weighted by Crippen LogP contribution is -2.05. The highest BCUT2D eigenvalue weighted by atomic mass is 79.9. The van der Waals surface area contributed by atoms with Crippen molar-refractivity contribution in [1.82, 2.24) is 19.5 Å². The average Bonchev–Trinajstić information content (AvgIpc) is 3.48. The fourth-order valence-corrected chi connectivity index (χ4v) is 5.00. The number of nitrogens with two attached hydrogens (primary N) is 1. The number of nitrogens with zero attached hydrogens (tertiary/aromatic N) is 4. The van der Waals surface area contributed by atoms with Gasteiger partial charge in [-0.3, -0.25) is 0 Å². The Bertz CT molecular complexity index is 1390. The van der Waals surface area contributed by atoms with Crippen LogP contribution in [0.3, 0.4) is 0 Å². The molecule has 5 rings (SSSR count). The first-order chi connectivity index (χ1) is 17.1. The van der Waals surface area contributed by atoms with Gasteiger partial charge in [0.05, 0.1) is 14.2 Å². The maximum absolute atomic E-state index is 6.10. The lowest BCUT2D eigenvalue weighted by molar-refractivity contribution is -0.0278. The molecule has 2 N–H and O–H groups in total. The van der Waals surface area contributed by atoms with Crippen molar-refractivity contribution >= 4 is 44.7 Å². The van der Waals surface area contributed by atoms with Crippen LogP contribution in [0.25, 0.3) is 11.2 Å². The minimum Gasteiger partial charge on any atom is -0.497 e. The Balaban J connectivity index is 1.40. The van der Waals surface area contributed by atoms with Crippen LogP contribution in [0.4, 0.5) is 5.82 Å². The second-order valence-electron chi connectivity index (χ2n) is 7.59. The molecular weight excluding hydrogens is 534 g/mol. The maximum atomic E-state index is 6.10. The van der Waals surface area contributed by atoms with Crippen LogP contribution in [0.1, 0.15) is 17.4 Å². The van der Waals surface area contributed by atoms with Crippen LogP contribution in [-0.2, 0) is 22.4 Å². The largest absolute Gasteiger partial charge is 0.497 e. The number of nitrogen functional groups attached to an aromatic ring is 1. The number of fused-ring (bicyclic) bond motifs is 1. The number of thioether (sulfide) groups is 1. The lowest BCUT2D eigenvalue weighted by Gasteiger charge is -2.13. The van der Waals surface area contributed by atoms with Gasteiger partial charge in [-0.2, -0.15) is 0 Å². The second-order valence-corrected chi connectivity index (χ2v) is 9.42. The molecule has 0 bridgehead atoms. The Morgan fingerprint density at radius 2 is 1.89 bits per heavy atom. The van der Waals surface area contributed by atoms with E-state index in [9.17, 15) is 0 Å². The zero-order chi connectivity index (χ0) is 24.4. The van der Waals surface area contributed by atoms with Crippen molar-refractivity contribution in [3.05, 3.63) is 75.7 Å². The van der Waals surface area contributed by atoms with Crippen LogP contribution in [0.2, 0.25) is 0 Å². The van der Waals surface area contributed by atoms with E-state index >= 15 is 0 Å². The van der Waals surface area contributed by atoms with Gasteiger partial charge in [-0.1, -0.05) is 34.1 Å². The van der Waals surface area contributed by atoms with E-state index in [0.717, 1.165) is 27.1 Å². The molecule has 0 radical (unpaired) electrons. The van der Waals surface area contributed by atoms with Crippen LogP contribution in [-0.4, -0.2) is 33.7 Å². The third kappa shape index (κ3) is 4.87. The summed E-state index contributed by atoms with van der Waals surface area (Å²) in [5.41, 5.74) is 9.24. The second kappa shape index (κ2) is 10.0. The molecule has 0 saturated carbocycles. The van der Waals surface area contributed by atoms with E-state index in [1.165, 1.54) is 18.1 Å². The van der Waals surface area contributed by atoms with Crippen LogP contribution in [0.5, 0.6) is 11.5 Å². The Labute approximate surface area is 214 Å². The molecule has 1 aliphatic rings. The van der Waals surface area contributed by atoms with Crippen LogP contribution in [0, 0.1) is 0 Å². The summed E-state index contributed by atoms with van der Waals surface area (Å²) in [5.74, 6) is 1.79. The van der Waals surface area contributed by atoms with Crippen molar-refractivity contribution in [2.24, 2.45) is 0 Å². The third-order valence-corrected chi connectivity index (χ3v) is 7.03. The summed E-state index contributed by atoms with van der Waals surface area (Å²) >= 11 is 4.89. The molecule has 35 heavy (non-hydrogen) atoms. The third-order valence-electron chi connectivity index (χ3n) is 5.42. The number of aryl methyl sites for hydroxylation is 2. The van der Waals surface area contributed by atoms with Gasteiger partial charge in [-0.25, -0.2) is 15.0 Å². The van der Waals surface area contributed by atoms with Gasteiger partial charge in [-0.15, -0.1) is 0 Å². The number of methoxy groups -OCH3 is 2. The number of halogens is 1. The highest BCUT2D eigenvalue weighted by Gasteiger charge is 2.26. The average molecular weight is 556 g/mol. The Morgan fingerprint density at radius 1 is 1.11 bits per heavy atom. The summed E-state index contributed by atoms with van der Waals surface area (Å²) in [6, 6.07) is 13.6. The van der Waals surface area contributed by atoms with Crippen molar-refractivity contribution in [2.75, 3.05) is 20.0 Å². The van der Waals surface area contributed by atoms with Crippen molar-refractivity contribution < 1.29 is 18.9 Å². The molecule has 11 heteroatoms. The molecule has 2 aromatic heterocycles. The highest BCUT2D eigenvalue weighted by Crippen LogP contribution is 2.40. The number of anilines is 1. The number of ether oxygens (including phenoxy) is 4. The first kappa shape index (κ1) is 23.3. The van der Waals surface area contributed by atoms with Crippen molar-refractivity contribution in [2.45, 2.75) is 24.4 Å². The zero-order valence-electron chi connectivity index (χ0n) is 19.0. The molecule has 0 fully saturated rings. The molecule has 0 aliphatic carbocycles. The van der Waals surface area contributed by atoms with Crippen molar-refractivity contribution in [3.8, 4) is 11.5 Å².